The molecule has 3 aromatic rings. The maximum atomic E-state index is 14.7. The molecule has 0 aliphatic carbocycles. The molecule has 0 bridgehead atoms. The van der Waals surface area contributed by atoms with Gasteiger partial charge in [0.15, 0.2) is 0 Å². The summed E-state index contributed by atoms with van der Waals surface area (Å²) in [5.74, 6) is -0.0613. The molecule has 3 aromatic carbocycles. The van der Waals surface area contributed by atoms with Crippen LogP contribution in [0.3, 0.4) is 0 Å². The minimum absolute atomic E-state index is 0.162. The molecule has 8 heteroatoms. The van der Waals surface area contributed by atoms with Gasteiger partial charge in [-0.25, -0.2) is 13.8 Å². The molecule has 1 atom stereocenters. The number of methoxy groups -OCH3 is 1. The first-order valence-corrected chi connectivity index (χ1v) is 12.0. The van der Waals surface area contributed by atoms with E-state index in [0.29, 0.717) is 43.9 Å². The number of ether oxygens (including phenoxy) is 1. The number of piperazine rings is 1. The van der Waals surface area contributed by atoms with E-state index < -0.39 is 6.04 Å². The van der Waals surface area contributed by atoms with E-state index in [2.05, 4.69) is 5.10 Å². The second-order valence-electron chi connectivity index (χ2n) is 8.97. The third-order valence-electron chi connectivity index (χ3n) is 6.78. The van der Waals surface area contributed by atoms with Gasteiger partial charge in [0.25, 0.3) is 5.91 Å². The van der Waals surface area contributed by atoms with Gasteiger partial charge >= 0.3 is 0 Å². The second kappa shape index (κ2) is 10.5. The van der Waals surface area contributed by atoms with Crippen LogP contribution in [-0.4, -0.2) is 61.4 Å². The molecule has 186 valence electrons. The van der Waals surface area contributed by atoms with E-state index in [9.17, 15) is 13.6 Å². The van der Waals surface area contributed by atoms with E-state index in [0.717, 1.165) is 17.0 Å². The molecule has 0 saturated carbocycles. The first-order chi connectivity index (χ1) is 17.5. The largest absolute Gasteiger partial charge is 0.497 e. The van der Waals surface area contributed by atoms with Crippen LogP contribution in [0.4, 0.5) is 14.5 Å². The van der Waals surface area contributed by atoms with E-state index in [1.54, 1.807) is 37.4 Å². The number of halogens is 2. The van der Waals surface area contributed by atoms with E-state index >= 15 is 0 Å². The summed E-state index contributed by atoms with van der Waals surface area (Å²) in [6, 6.07) is 20.2. The molecule has 0 N–H and O–H groups in total. The number of hydrogen-bond acceptors (Lipinski definition) is 5. The predicted molar refractivity (Wildman–Crippen MR) is 135 cm³/mol. The van der Waals surface area contributed by atoms with Crippen LogP contribution >= 0.6 is 0 Å². The fourth-order valence-corrected chi connectivity index (χ4v) is 4.80. The fourth-order valence-electron chi connectivity index (χ4n) is 4.80. The molecule has 1 unspecified atom stereocenters. The summed E-state index contributed by atoms with van der Waals surface area (Å²) in [5, 5.41) is 6.09. The Morgan fingerprint density at radius 3 is 2.25 bits per heavy atom. The summed E-state index contributed by atoms with van der Waals surface area (Å²) in [6.07, 6.45) is 0.417. The maximum Gasteiger partial charge on any atom is 0.257 e. The molecule has 0 spiro atoms. The predicted octanol–water partition coefficient (Wildman–Crippen LogP) is 4.47. The summed E-state index contributed by atoms with van der Waals surface area (Å²) in [7, 11) is 1.60. The Labute approximate surface area is 209 Å². The minimum Gasteiger partial charge on any atom is -0.497 e. The molecule has 2 aliphatic heterocycles. The highest BCUT2D eigenvalue weighted by Crippen LogP contribution is 2.34. The van der Waals surface area contributed by atoms with E-state index in [4.69, 9.17) is 4.74 Å². The smallest absolute Gasteiger partial charge is 0.257 e. The molecule has 1 amide bonds. The zero-order chi connectivity index (χ0) is 25.1. The molecule has 0 aromatic heterocycles. The first kappa shape index (κ1) is 23.9. The number of carbonyl (C=O) groups is 1. The number of nitrogens with zero attached hydrogens (tertiary/aromatic N) is 4. The Morgan fingerprint density at radius 1 is 0.917 bits per heavy atom. The van der Waals surface area contributed by atoms with Gasteiger partial charge in [0.1, 0.15) is 17.4 Å². The lowest BCUT2D eigenvalue weighted by Crippen LogP contribution is -2.49. The van der Waals surface area contributed by atoms with Crippen molar-refractivity contribution < 1.29 is 18.3 Å². The third-order valence-corrected chi connectivity index (χ3v) is 6.78. The Balaban J connectivity index is 1.32. The molecule has 1 saturated heterocycles. The van der Waals surface area contributed by atoms with Crippen molar-refractivity contribution in [2.45, 2.75) is 12.5 Å². The standard InChI is InChI=1S/C28H28F2N4O2/c1-36-21-12-10-20(11-13-21)25-18-27(22-6-2-3-7-23(22)29)34(31-25)28(35)19-32-14-16-33(17-15-32)26-9-5-4-8-24(26)30/h2-13,27H,14-19H2,1H3. The third kappa shape index (κ3) is 4.95. The SMILES string of the molecule is COc1ccc(C2=NN(C(=O)CN3CCN(c4ccccc4F)CC3)C(c3ccccc3F)C2)cc1. The topological polar surface area (TPSA) is 48.4 Å². The highest BCUT2D eigenvalue weighted by atomic mass is 19.1. The summed E-state index contributed by atoms with van der Waals surface area (Å²) in [4.78, 5) is 17.5. The van der Waals surface area contributed by atoms with Crippen molar-refractivity contribution in [2.75, 3.05) is 44.7 Å². The van der Waals surface area contributed by atoms with Gasteiger partial charge in [-0.3, -0.25) is 9.69 Å². The Bertz CT molecular complexity index is 1260. The van der Waals surface area contributed by atoms with Gasteiger partial charge in [-0.1, -0.05) is 30.3 Å². The van der Waals surface area contributed by atoms with E-state index in [-0.39, 0.29) is 24.1 Å². The lowest BCUT2D eigenvalue weighted by molar-refractivity contribution is -0.134. The van der Waals surface area contributed by atoms with Crippen molar-refractivity contribution in [1.82, 2.24) is 9.91 Å². The van der Waals surface area contributed by atoms with Crippen LogP contribution in [-0.2, 0) is 4.79 Å². The molecular formula is C28H28F2N4O2. The van der Waals surface area contributed by atoms with Crippen molar-refractivity contribution in [3.8, 4) is 5.75 Å². The number of carbonyl (C=O) groups excluding carboxylic acids is 1. The van der Waals surface area contributed by atoms with Crippen molar-refractivity contribution in [3.05, 3.63) is 95.6 Å². The lowest BCUT2D eigenvalue weighted by Gasteiger charge is -2.36. The zero-order valence-electron chi connectivity index (χ0n) is 20.1. The molecule has 2 aliphatic rings. The highest BCUT2D eigenvalue weighted by Gasteiger charge is 2.35. The Morgan fingerprint density at radius 2 is 1.58 bits per heavy atom. The number of hydrogen-bond donors (Lipinski definition) is 0. The van der Waals surface area contributed by atoms with Crippen LogP contribution in [0.25, 0.3) is 0 Å². The van der Waals surface area contributed by atoms with Crippen LogP contribution in [0.5, 0.6) is 5.75 Å². The average Bonchev–Trinajstić information content (AvgIpc) is 3.35. The van der Waals surface area contributed by atoms with Gasteiger partial charge in [0.2, 0.25) is 0 Å². The Kier molecular flexibility index (Phi) is 6.95. The number of hydrazone groups is 1. The van der Waals surface area contributed by atoms with Crippen LogP contribution in [0.2, 0.25) is 0 Å². The van der Waals surface area contributed by atoms with E-state index in [1.165, 1.54) is 17.1 Å². The van der Waals surface area contributed by atoms with Gasteiger partial charge in [0, 0.05) is 38.2 Å². The highest BCUT2D eigenvalue weighted by molar-refractivity contribution is 6.03. The van der Waals surface area contributed by atoms with Crippen molar-refractivity contribution in [3.63, 3.8) is 0 Å². The van der Waals surface area contributed by atoms with Gasteiger partial charge in [-0.15, -0.1) is 0 Å². The number of anilines is 1. The lowest BCUT2D eigenvalue weighted by atomic mass is 9.98. The molecule has 36 heavy (non-hydrogen) atoms. The van der Waals surface area contributed by atoms with Crippen LogP contribution in [0.1, 0.15) is 23.6 Å². The minimum atomic E-state index is -0.518. The second-order valence-corrected chi connectivity index (χ2v) is 8.97. The fraction of sp³-hybridized carbons (Fsp3) is 0.286. The summed E-state index contributed by atoms with van der Waals surface area (Å²) in [6.45, 7) is 2.63. The summed E-state index contributed by atoms with van der Waals surface area (Å²) in [5.41, 5.74) is 2.62. The zero-order valence-corrected chi connectivity index (χ0v) is 20.1. The molecule has 6 nitrogen and oxygen atoms in total. The molecule has 5 rings (SSSR count). The van der Waals surface area contributed by atoms with Gasteiger partial charge in [-0.2, -0.15) is 5.10 Å². The van der Waals surface area contributed by atoms with Crippen LogP contribution in [0.15, 0.2) is 77.9 Å². The maximum absolute atomic E-state index is 14.7. The number of rotatable bonds is 6. The van der Waals surface area contributed by atoms with Crippen LogP contribution < -0.4 is 9.64 Å². The first-order valence-electron chi connectivity index (χ1n) is 12.0. The van der Waals surface area contributed by atoms with Gasteiger partial charge < -0.3 is 9.64 Å². The van der Waals surface area contributed by atoms with E-state index in [1.807, 2.05) is 40.1 Å². The van der Waals surface area contributed by atoms with Crippen molar-refractivity contribution in [2.24, 2.45) is 5.10 Å². The van der Waals surface area contributed by atoms with Gasteiger partial charge in [-0.05, 0) is 48.0 Å². The molecule has 1 fully saturated rings. The summed E-state index contributed by atoms with van der Waals surface area (Å²) < 4.78 is 34.2. The van der Waals surface area contributed by atoms with Crippen LogP contribution in [0, 0.1) is 11.6 Å². The number of amides is 1. The number of para-hydroxylation sites is 1. The molecule has 2 heterocycles. The average molecular weight is 491 g/mol. The summed E-state index contributed by atoms with van der Waals surface area (Å²) >= 11 is 0. The van der Waals surface area contributed by atoms with Gasteiger partial charge in [0.05, 0.1) is 31.1 Å². The monoisotopic (exact) mass is 490 g/mol. The normalized spacial score (nSPS) is 18.3. The quantitative estimate of drug-likeness (QED) is 0.512. The van der Waals surface area contributed by atoms with Crippen molar-refractivity contribution in [1.29, 1.82) is 0 Å². The number of benzene rings is 3. The van der Waals surface area contributed by atoms with Crippen molar-refractivity contribution >= 4 is 17.3 Å². The Hall–Kier alpha value is -3.78. The molecule has 0 radical (unpaired) electrons. The molecular weight excluding hydrogens is 462 g/mol.